The lowest BCUT2D eigenvalue weighted by Crippen LogP contribution is -2.59. The third kappa shape index (κ3) is 5.75. The standard InChI is InChI=1S/C27H31N3O6S/c1-27(2)26(33)28-22-9-5-6-10-23(22)30(27)24(31)19-36-25(32)16-13-20-11-14-21(15-12-20)37(34,35)29-17-7-3-4-8-18-29/h5-6,9-16H,3-4,7-8,17-19H2,1-2H3,(H,28,33). The van der Waals surface area contributed by atoms with Gasteiger partial charge in [0, 0.05) is 19.2 Å². The maximum atomic E-state index is 13.0. The van der Waals surface area contributed by atoms with Crippen molar-refractivity contribution in [3.63, 3.8) is 0 Å². The van der Waals surface area contributed by atoms with Gasteiger partial charge in [0.2, 0.25) is 15.9 Å². The highest BCUT2D eigenvalue weighted by molar-refractivity contribution is 7.89. The van der Waals surface area contributed by atoms with Crippen LogP contribution in [0.5, 0.6) is 0 Å². The van der Waals surface area contributed by atoms with E-state index in [1.807, 2.05) is 0 Å². The summed E-state index contributed by atoms with van der Waals surface area (Å²) in [5.41, 5.74) is 0.482. The lowest BCUT2D eigenvalue weighted by Gasteiger charge is -2.41. The normalized spacial score (nSPS) is 18.1. The van der Waals surface area contributed by atoms with Crippen LogP contribution in [0.1, 0.15) is 45.1 Å². The van der Waals surface area contributed by atoms with Gasteiger partial charge in [-0.25, -0.2) is 13.2 Å². The van der Waals surface area contributed by atoms with Crippen molar-refractivity contribution >= 4 is 45.3 Å². The fraction of sp³-hybridized carbons (Fsp3) is 0.370. The second-order valence-electron chi connectivity index (χ2n) is 9.59. The number of para-hydroxylation sites is 2. The smallest absolute Gasteiger partial charge is 0.331 e. The highest BCUT2D eigenvalue weighted by Crippen LogP contribution is 2.36. The number of amides is 2. The molecule has 10 heteroatoms. The molecule has 0 unspecified atom stereocenters. The number of nitrogens with one attached hydrogen (secondary N) is 1. The van der Waals surface area contributed by atoms with Gasteiger partial charge < -0.3 is 10.1 Å². The molecule has 0 aliphatic carbocycles. The lowest BCUT2D eigenvalue weighted by atomic mass is 9.96. The van der Waals surface area contributed by atoms with Gasteiger partial charge >= 0.3 is 5.97 Å². The van der Waals surface area contributed by atoms with Crippen molar-refractivity contribution in [2.45, 2.75) is 50.0 Å². The molecule has 0 aromatic heterocycles. The molecule has 2 aromatic carbocycles. The first kappa shape index (κ1) is 26.6. The van der Waals surface area contributed by atoms with Crippen LogP contribution in [0.15, 0.2) is 59.5 Å². The monoisotopic (exact) mass is 525 g/mol. The van der Waals surface area contributed by atoms with Crippen LogP contribution >= 0.6 is 0 Å². The van der Waals surface area contributed by atoms with Crippen molar-refractivity contribution in [2.75, 3.05) is 29.9 Å². The number of sulfonamides is 1. The number of esters is 1. The second kappa shape index (κ2) is 10.9. The summed E-state index contributed by atoms with van der Waals surface area (Å²) in [6.07, 6.45) is 6.46. The van der Waals surface area contributed by atoms with Gasteiger partial charge in [0.15, 0.2) is 6.61 Å². The number of benzene rings is 2. The summed E-state index contributed by atoms with van der Waals surface area (Å²) in [6.45, 7) is 3.75. The SMILES string of the molecule is CC1(C)C(=O)Nc2ccccc2N1C(=O)COC(=O)C=Cc1ccc(S(=O)(=O)N2CCCCCC2)cc1. The van der Waals surface area contributed by atoms with E-state index >= 15 is 0 Å². The van der Waals surface area contributed by atoms with E-state index in [1.54, 1.807) is 50.2 Å². The molecule has 1 saturated heterocycles. The molecular formula is C27H31N3O6S. The molecule has 0 bridgehead atoms. The minimum Gasteiger partial charge on any atom is -0.452 e. The molecule has 2 amide bonds. The molecule has 0 atom stereocenters. The van der Waals surface area contributed by atoms with E-state index < -0.39 is 34.0 Å². The largest absolute Gasteiger partial charge is 0.452 e. The number of rotatable bonds is 6. The van der Waals surface area contributed by atoms with E-state index in [2.05, 4.69) is 5.32 Å². The van der Waals surface area contributed by atoms with E-state index in [0.29, 0.717) is 30.0 Å². The van der Waals surface area contributed by atoms with Gasteiger partial charge in [-0.15, -0.1) is 0 Å². The van der Waals surface area contributed by atoms with E-state index in [9.17, 15) is 22.8 Å². The van der Waals surface area contributed by atoms with Crippen LogP contribution in [0.3, 0.4) is 0 Å². The first-order chi connectivity index (χ1) is 17.6. The first-order valence-electron chi connectivity index (χ1n) is 12.3. The van der Waals surface area contributed by atoms with E-state index in [0.717, 1.165) is 25.7 Å². The van der Waals surface area contributed by atoms with Crippen molar-refractivity contribution in [2.24, 2.45) is 0 Å². The van der Waals surface area contributed by atoms with Gasteiger partial charge in [-0.3, -0.25) is 14.5 Å². The summed E-state index contributed by atoms with van der Waals surface area (Å²) < 4.78 is 32.5. The number of ether oxygens (including phenoxy) is 1. The van der Waals surface area contributed by atoms with Crippen LogP contribution in [-0.2, 0) is 29.1 Å². The Labute approximate surface area is 217 Å². The van der Waals surface area contributed by atoms with Crippen LogP contribution in [0.25, 0.3) is 6.08 Å². The van der Waals surface area contributed by atoms with E-state index in [-0.39, 0.29) is 10.8 Å². The summed E-state index contributed by atoms with van der Waals surface area (Å²) in [4.78, 5) is 39.3. The molecule has 4 rings (SSSR count). The molecule has 9 nitrogen and oxygen atoms in total. The van der Waals surface area contributed by atoms with Crippen molar-refractivity contribution in [3.05, 3.63) is 60.2 Å². The number of anilines is 2. The zero-order valence-corrected chi connectivity index (χ0v) is 21.8. The Morgan fingerprint density at radius 2 is 1.65 bits per heavy atom. The number of fused-ring (bicyclic) bond motifs is 1. The summed E-state index contributed by atoms with van der Waals surface area (Å²) in [6, 6.07) is 13.2. The number of nitrogens with zero attached hydrogens (tertiary/aromatic N) is 2. The van der Waals surface area contributed by atoms with Gasteiger partial charge in [0.25, 0.3) is 5.91 Å². The average molecular weight is 526 g/mol. The van der Waals surface area contributed by atoms with Crippen LogP contribution in [-0.4, -0.2) is 55.7 Å². The first-order valence-corrected chi connectivity index (χ1v) is 13.7. The van der Waals surface area contributed by atoms with Crippen LogP contribution in [0.2, 0.25) is 0 Å². The minimum atomic E-state index is -3.55. The second-order valence-corrected chi connectivity index (χ2v) is 11.5. The van der Waals surface area contributed by atoms with Crippen molar-refractivity contribution in [3.8, 4) is 0 Å². The Balaban J connectivity index is 1.37. The van der Waals surface area contributed by atoms with E-state index in [1.165, 1.54) is 33.5 Å². The molecule has 0 saturated carbocycles. The zero-order valence-electron chi connectivity index (χ0n) is 21.0. The molecule has 2 aromatic rings. The maximum absolute atomic E-state index is 13.0. The molecule has 1 fully saturated rings. The number of hydrogen-bond donors (Lipinski definition) is 1. The highest BCUT2D eigenvalue weighted by atomic mass is 32.2. The predicted molar refractivity (Wildman–Crippen MR) is 140 cm³/mol. The molecule has 1 N–H and O–H groups in total. The Morgan fingerprint density at radius 3 is 2.32 bits per heavy atom. The molecule has 2 heterocycles. The molecule has 2 aliphatic heterocycles. The van der Waals surface area contributed by atoms with Crippen molar-refractivity contribution < 1.29 is 27.5 Å². The fourth-order valence-corrected chi connectivity index (χ4v) is 6.01. The molecule has 196 valence electrons. The Morgan fingerprint density at radius 1 is 1.00 bits per heavy atom. The van der Waals surface area contributed by atoms with Gasteiger partial charge in [-0.2, -0.15) is 4.31 Å². The molecule has 2 aliphatic rings. The fourth-order valence-electron chi connectivity index (χ4n) is 4.49. The number of carbonyl (C=O) groups is 3. The van der Waals surface area contributed by atoms with E-state index in [4.69, 9.17) is 4.74 Å². The Kier molecular flexibility index (Phi) is 7.79. The Hall–Kier alpha value is -3.50. The summed E-state index contributed by atoms with van der Waals surface area (Å²) in [7, 11) is -3.55. The highest BCUT2D eigenvalue weighted by Gasteiger charge is 2.43. The molecule has 0 radical (unpaired) electrons. The zero-order chi connectivity index (χ0) is 26.6. The molecular weight excluding hydrogens is 494 g/mol. The quantitative estimate of drug-likeness (QED) is 0.456. The third-order valence-corrected chi connectivity index (χ3v) is 8.50. The number of hydrogen-bond acceptors (Lipinski definition) is 6. The Bertz CT molecular complexity index is 1310. The van der Waals surface area contributed by atoms with Crippen LogP contribution in [0.4, 0.5) is 11.4 Å². The molecule has 0 spiro atoms. The summed E-state index contributed by atoms with van der Waals surface area (Å²) >= 11 is 0. The maximum Gasteiger partial charge on any atom is 0.331 e. The topological polar surface area (TPSA) is 113 Å². The minimum absolute atomic E-state index is 0.216. The van der Waals surface area contributed by atoms with Gasteiger partial charge in [0.1, 0.15) is 5.54 Å². The summed E-state index contributed by atoms with van der Waals surface area (Å²) in [5, 5.41) is 2.78. The van der Waals surface area contributed by atoms with Crippen LogP contribution in [0, 0.1) is 0 Å². The van der Waals surface area contributed by atoms with Gasteiger partial charge in [-0.1, -0.05) is 37.1 Å². The third-order valence-electron chi connectivity index (χ3n) is 6.59. The van der Waals surface area contributed by atoms with Crippen molar-refractivity contribution in [1.82, 2.24) is 4.31 Å². The van der Waals surface area contributed by atoms with Crippen molar-refractivity contribution in [1.29, 1.82) is 0 Å². The average Bonchev–Trinajstić information content (AvgIpc) is 3.17. The molecule has 37 heavy (non-hydrogen) atoms. The predicted octanol–water partition coefficient (Wildman–Crippen LogP) is 3.57. The van der Waals surface area contributed by atoms with Gasteiger partial charge in [0.05, 0.1) is 16.3 Å². The number of carbonyl (C=O) groups excluding carboxylic acids is 3. The lowest BCUT2D eigenvalue weighted by molar-refractivity contribution is -0.143. The van der Waals surface area contributed by atoms with Crippen LogP contribution < -0.4 is 10.2 Å². The van der Waals surface area contributed by atoms with Gasteiger partial charge in [-0.05, 0) is 62.6 Å². The summed E-state index contributed by atoms with van der Waals surface area (Å²) in [5.74, 6) is -1.61.